The number of anilines is 1. The Morgan fingerprint density at radius 1 is 0.920 bits per heavy atom. The number of nitrogens with zero attached hydrogens (tertiary/aromatic N) is 2. The van der Waals surface area contributed by atoms with Gasteiger partial charge in [0.15, 0.2) is 44.5 Å². The number of allylic oxidation sites excluding steroid dienone is 2. The van der Waals surface area contributed by atoms with Gasteiger partial charge in [-0.05, 0) is 37.7 Å². The summed E-state index contributed by atoms with van der Waals surface area (Å²) in [6, 6.07) is 4.03. The van der Waals surface area contributed by atoms with Crippen LogP contribution in [0.4, 0.5) is 27.6 Å². The molecule has 0 radical (unpaired) electrons. The number of para-hydroxylation sites is 1. The Balaban J connectivity index is 1.49. The Labute approximate surface area is 290 Å². The van der Waals surface area contributed by atoms with E-state index < -0.39 is 110 Å². The Morgan fingerprint density at radius 3 is 2.18 bits per heavy atom. The van der Waals surface area contributed by atoms with Crippen LogP contribution >= 0.6 is 23.2 Å². The normalized spacial score (nSPS) is 28.8. The van der Waals surface area contributed by atoms with Crippen LogP contribution in [0.25, 0.3) is 0 Å². The van der Waals surface area contributed by atoms with E-state index in [2.05, 4.69) is 0 Å². The number of carbonyl (C=O) groups excluding carboxylic acids is 4. The third kappa shape index (κ3) is 4.83. The number of carboxylic acids is 1. The molecule has 1 saturated carbocycles. The van der Waals surface area contributed by atoms with E-state index in [1.807, 2.05) is 0 Å². The van der Waals surface area contributed by atoms with Gasteiger partial charge in [-0.3, -0.25) is 28.9 Å². The van der Waals surface area contributed by atoms with E-state index in [1.54, 1.807) is 0 Å². The van der Waals surface area contributed by atoms with Crippen molar-refractivity contribution >= 4 is 58.5 Å². The number of carboxylic acid groups (broad SMARTS) is 1. The molecule has 4 aliphatic rings. The van der Waals surface area contributed by atoms with Gasteiger partial charge in [0.1, 0.15) is 5.69 Å². The van der Waals surface area contributed by atoms with Crippen LogP contribution in [0.3, 0.4) is 0 Å². The molecule has 17 heteroatoms. The summed E-state index contributed by atoms with van der Waals surface area (Å²) in [6.07, 6.45) is 1.65. The first-order valence-corrected chi connectivity index (χ1v) is 16.2. The number of phenolic OH excluding ortho intramolecular Hbond substituents is 1. The van der Waals surface area contributed by atoms with Crippen molar-refractivity contribution in [1.29, 1.82) is 0 Å². The van der Waals surface area contributed by atoms with Gasteiger partial charge in [0, 0.05) is 24.4 Å². The largest absolute Gasteiger partial charge is 0.504 e. The predicted molar refractivity (Wildman–Crippen MR) is 164 cm³/mol. The summed E-state index contributed by atoms with van der Waals surface area (Å²) in [5.41, 5.74) is -1.91. The number of hydrogen-bond acceptors (Lipinski definition) is 7. The van der Waals surface area contributed by atoms with E-state index in [9.17, 15) is 42.3 Å². The average Bonchev–Trinajstić information content (AvgIpc) is 3.41. The fraction of sp³-hybridized carbons (Fsp3) is 0.424. The molecule has 2 N–H and O–H groups in total. The van der Waals surface area contributed by atoms with Gasteiger partial charge in [-0.1, -0.05) is 30.2 Å². The fourth-order valence-electron chi connectivity index (χ4n) is 7.86. The number of carbonyl (C=O) groups is 5. The minimum absolute atomic E-state index is 0.0383. The molecule has 10 nitrogen and oxygen atoms in total. The van der Waals surface area contributed by atoms with Crippen LogP contribution in [-0.2, 0) is 24.0 Å². The van der Waals surface area contributed by atoms with Crippen molar-refractivity contribution in [2.75, 3.05) is 18.6 Å². The van der Waals surface area contributed by atoms with E-state index in [0.29, 0.717) is 19.3 Å². The van der Waals surface area contributed by atoms with Crippen molar-refractivity contribution in [3.8, 4) is 11.5 Å². The Bertz CT molecular complexity index is 1880. The van der Waals surface area contributed by atoms with Crippen LogP contribution < -0.4 is 9.64 Å². The smallest absolute Gasteiger partial charge is 0.303 e. The van der Waals surface area contributed by atoms with Crippen molar-refractivity contribution in [2.24, 2.45) is 17.8 Å². The molecule has 2 aromatic rings. The average molecular weight is 745 g/mol. The molecule has 266 valence electrons. The van der Waals surface area contributed by atoms with E-state index in [4.69, 9.17) is 33.0 Å². The van der Waals surface area contributed by atoms with Crippen LogP contribution in [0.5, 0.6) is 11.5 Å². The summed E-state index contributed by atoms with van der Waals surface area (Å²) in [4.78, 5) is 62.1. The molecule has 2 heterocycles. The third-order valence-corrected chi connectivity index (χ3v) is 11.6. The second kappa shape index (κ2) is 12.5. The molecule has 6 atom stereocenters. The quantitative estimate of drug-likeness (QED) is 0.0670. The number of aromatic hydroxyl groups is 1. The molecule has 2 aromatic carbocycles. The van der Waals surface area contributed by atoms with Crippen LogP contribution in [0.15, 0.2) is 29.8 Å². The summed E-state index contributed by atoms with van der Waals surface area (Å²) >= 11 is 14.1. The minimum Gasteiger partial charge on any atom is -0.504 e. The second-order valence-corrected chi connectivity index (χ2v) is 13.9. The number of aliphatic carboxylic acids is 1. The third-order valence-electron chi connectivity index (χ3n) is 10.1. The zero-order valence-electron chi connectivity index (χ0n) is 26.0. The highest BCUT2D eigenvalue weighted by atomic mass is 35.5. The topological polar surface area (TPSA) is 142 Å². The monoisotopic (exact) mass is 744 g/mol. The Kier molecular flexibility index (Phi) is 8.91. The highest BCUT2D eigenvalue weighted by Gasteiger charge is 2.77. The van der Waals surface area contributed by atoms with Crippen LogP contribution in [0, 0.1) is 46.8 Å². The zero-order chi connectivity index (χ0) is 36.6. The number of rotatable bonds is 9. The standard InChI is InChI=1S/C33H27Cl2F5N2O8/c1-50-17-7-5-6-15(27(17)45)20-13-9-10-14-19(29(47)41(28(14)46)11-4-2-3-8-18(43)44)16(13)12-32(34)30(48)42(31(49)33(20,32)35)26-24(39)22(37)21(36)23(38)25(26)40/h5-7,9,14,16,19-20,45H,2-4,8,10-12H2,1H3,(H,43,44)/t14-,16+,19-,20+,32+,33-/m0/s1. The van der Waals surface area contributed by atoms with Crippen molar-refractivity contribution < 1.29 is 60.9 Å². The van der Waals surface area contributed by atoms with E-state index in [1.165, 1.54) is 31.4 Å². The lowest BCUT2D eigenvalue weighted by Gasteiger charge is -2.50. The van der Waals surface area contributed by atoms with Crippen LogP contribution in [-0.4, -0.2) is 68.1 Å². The maximum atomic E-state index is 15.2. The number of amides is 4. The molecule has 0 unspecified atom stereocenters. The highest BCUT2D eigenvalue weighted by molar-refractivity contribution is 6.58. The van der Waals surface area contributed by atoms with E-state index >= 15 is 8.78 Å². The number of halogens is 7. The molecule has 2 aliphatic heterocycles. The number of likely N-dealkylation sites (tertiary alicyclic amines) is 1. The second-order valence-electron chi connectivity index (χ2n) is 12.6. The molecule has 4 amide bonds. The van der Waals surface area contributed by atoms with Gasteiger partial charge in [0.2, 0.25) is 17.6 Å². The summed E-state index contributed by atoms with van der Waals surface area (Å²) in [5.74, 6) is -23.6. The SMILES string of the molecule is COc1cccc([C@H]2C3=CC[C@@H]4C(=O)N(CCCCCC(=O)O)C(=O)[C@@H]4[C@@H]3C[C@@]3(Cl)C(=O)N(c4c(F)c(F)c(F)c(F)c4F)C(=O)[C@@]23Cl)c1O. The first-order chi connectivity index (χ1) is 23.5. The summed E-state index contributed by atoms with van der Waals surface area (Å²) in [5, 5.41) is 20.2. The van der Waals surface area contributed by atoms with Crippen molar-refractivity contribution in [3.63, 3.8) is 0 Å². The predicted octanol–water partition coefficient (Wildman–Crippen LogP) is 5.30. The number of benzene rings is 2. The highest BCUT2D eigenvalue weighted by Crippen LogP contribution is 2.67. The molecule has 0 aromatic heterocycles. The molecule has 3 fully saturated rings. The van der Waals surface area contributed by atoms with Gasteiger partial charge >= 0.3 is 5.97 Å². The van der Waals surface area contributed by atoms with Crippen LogP contribution in [0.1, 0.15) is 50.0 Å². The fourth-order valence-corrected chi connectivity index (χ4v) is 8.78. The summed E-state index contributed by atoms with van der Waals surface area (Å²) < 4.78 is 78.3. The zero-order valence-corrected chi connectivity index (χ0v) is 27.5. The molecule has 2 saturated heterocycles. The van der Waals surface area contributed by atoms with Gasteiger partial charge in [-0.2, -0.15) is 0 Å². The summed E-state index contributed by atoms with van der Waals surface area (Å²) in [7, 11) is 1.21. The lowest BCUT2D eigenvalue weighted by Crippen LogP contribution is -2.60. The lowest BCUT2D eigenvalue weighted by atomic mass is 9.56. The number of imide groups is 2. The minimum atomic E-state index is -2.79. The molecule has 0 spiro atoms. The maximum absolute atomic E-state index is 15.2. The van der Waals surface area contributed by atoms with Crippen molar-refractivity contribution in [3.05, 3.63) is 64.5 Å². The maximum Gasteiger partial charge on any atom is 0.303 e. The van der Waals surface area contributed by atoms with Crippen LogP contribution in [0.2, 0.25) is 0 Å². The number of methoxy groups -OCH3 is 1. The molecular formula is C33H27Cl2F5N2O8. The van der Waals surface area contributed by atoms with Gasteiger partial charge in [-0.25, -0.2) is 26.9 Å². The van der Waals surface area contributed by atoms with Crippen molar-refractivity contribution in [1.82, 2.24) is 4.90 Å². The lowest BCUT2D eigenvalue weighted by molar-refractivity contribution is -0.141. The van der Waals surface area contributed by atoms with E-state index in [0.717, 1.165) is 4.90 Å². The first kappa shape index (κ1) is 35.6. The van der Waals surface area contributed by atoms with Gasteiger partial charge in [0.05, 0.1) is 18.9 Å². The Hall–Kier alpha value is -4.24. The molecular weight excluding hydrogens is 718 g/mol. The molecule has 6 rings (SSSR count). The van der Waals surface area contributed by atoms with Gasteiger partial charge < -0.3 is 14.9 Å². The van der Waals surface area contributed by atoms with Crippen molar-refractivity contribution in [2.45, 2.75) is 54.2 Å². The molecule has 2 aliphatic carbocycles. The first-order valence-electron chi connectivity index (χ1n) is 15.5. The number of fused-ring (bicyclic) bond motifs is 4. The van der Waals surface area contributed by atoms with Gasteiger partial charge in [0.25, 0.3) is 11.8 Å². The molecule has 50 heavy (non-hydrogen) atoms. The molecule has 0 bridgehead atoms. The number of hydrogen-bond donors (Lipinski definition) is 2. The number of ether oxygens (including phenoxy) is 1. The number of alkyl halides is 2. The van der Waals surface area contributed by atoms with E-state index in [-0.39, 0.29) is 41.2 Å². The van der Waals surface area contributed by atoms with Gasteiger partial charge in [-0.15, -0.1) is 23.2 Å². The summed E-state index contributed by atoms with van der Waals surface area (Å²) in [6.45, 7) is -0.0383. The Morgan fingerprint density at radius 2 is 1.56 bits per heavy atom. The number of phenols is 1. The number of unbranched alkanes of at least 4 members (excludes halogenated alkanes) is 2.